The molecule has 4 heteroatoms. The van der Waals surface area contributed by atoms with Gasteiger partial charge in [-0.15, -0.1) is 0 Å². The predicted molar refractivity (Wildman–Crippen MR) is 40.1 cm³/mol. The summed E-state index contributed by atoms with van der Waals surface area (Å²) < 4.78 is 13.2. The number of amides is 1. The minimum Gasteiger partial charge on any atom is -0.348 e. The Morgan fingerprint density at radius 1 is 1.67 bits per heavy atom. The number of halogens is 1. The molecule has 0 saturated heterocycles. The topological polar surface area (TPSA) is 42.0 Å². The van der Waals surface area contributed by atoms with Gasteiger partial charge in [-0.25, -0.2) is 4.39 Å². The Hall–Kier alpha value is -1.45. The summed E-state index contributed by atoms with van der Waals surface area (Å²) in [7, 11) is 0. The van der Waals surface area contributed by atoms with Crippen LogP contribution in [0.5, 0.6) is 0 Å². The summed E-state index contributed by atoms with van der Waals surface area (Å²) in [6.45, 7) is 1.93. The van der Waals surface area contributed by atoms with Crippen LogP contribution in [0.25, 0.3) is 0 Å². The molecular formula is C8H7FN2O. The average Bonchev–Trinajstić information content (AvgIpc) is 2.41. The lowest BCUT2D eigenvalue weighted by Gasteiger charge is -1.99. The van der Waals surface area contributed by atoms with E-state index in [0.29, 0.717) is 12.1 Å². The number of rotatable bonds is 0. The number of nitrogens with one attached hydrogen (secondary N) is 1. The standard InChI is InChI=1S/C8H7FN2O/c1-4-7(9)6-5(2-10-4)3-11-8(6)12/h2H,3H2,1H3,(H,11,12). The molecule has 0 fully saturated rings. The van der Waals surface area contributed by atoms with Crippen LogP contribution in [0, 0.1) is 12.7 Å². The Bertz CT molecular complexity index is 362. The smallest absolute Gasteiger partial charge is 0.255 e. The van der Waals surface area contributed by atoms with Gasteiger partial charge in [-0.05, 0) is 6.92 Å². The van der Waals surface area contributed by atoms with Crippen molar-refractivity contribution in [3.05, 3.63) is 28.8 Å². The number of fused-ring (bicyclic) bond motifs is 1. The molecule has 1 aliphatic heterocycles. The van der Waals surface area contributed by atoms with Gasteiger partial charge < -0.3 is 5.32 Å². The van der Waals surface area contributed by atoms with Crippen molar-refractivity contribution in [2.45, 2.75) is 13.5 Å². The number of carbonyl (C=O) groups is 1. The van der Waals surface area contributed by atoms with Crippen molar-refractivity contribution < 1.29 is 9.18 Å². The maximum Gasteiger partial charge on any atom is 0.255 e. The minimum absolute atomic E-state index is 0.155. The molecule has 2 rings (SSSR count). The van der Waals surface area contributed by atoms with Gasteiger partial charge >= 0.3 is 0 Å². The largest absolute Gasteiger partial charge is 0.348 e. The highest BCUT2D eigenvalue weighted by Gasteiger charge is 2.24. The van der Waals surface area contributed by atoms with E-state index in [1.54, 1.807) is 6.92 Å². The molecule has 62 valence electrons. The van der Waals surface area contributed by atoms with Gasteiger partial charge in [0.05, 0.1) is 11.3 Å². The lowest BCUT2D eigenvalue weighted by atomic mass is 10.1. The van der Waals surface area contributed by atoms with Gasteiger partial charge in [-0.3, -0.25) is 9.78 Å². The van der Waals surface area contributed by atoms with Crippen LogP contribution >= 0.6 is 0 Å². The van der Waals surface area contributed by atoms with Crippen molar-refractivity contribution >= 4 is 5.91 Å². The SMILES string of the molecule is Cc1ncc2c(c1F)C(=O)NC2. The quantitative estimate of drug-likeness (QED) is 0.618. The van der Waals surface area contributed by atoms with Gasteiger partial charge in [0.1, 0.15) is 0 Å². The number of hydrogen-bond donors (Lipinski definition) is 1. The molecule has 3 nitrogen and oxygen atoms in total. The average molecular weight is 166 g/mol. The summed E-state index contributed by atoms with van der Waals surface area (Å²) in [5.74, 6) is -0.837. The fourth-order valence-electron chi connectivity index (χ4n) is 1.26. The summed E-state index contributed by atoms with van der Waals surface area (Å²) in [6.07, 6.45) is 1.53. The monoisotopic (exact) mass is 166 g/mol. The normalized spacial score (nSPS) is 14.3. The third-order valence-electron chi connectivity index (χ3n) is 1.94. The van der Waals surface area contributed by atoms with Crippen LogP contribution in [-0.4, -0.2) is 10.9 Å². The van der Waals surface area contributed by atoms with E-state index in [-0.39, 0.29) is 17.2 Å². The summed E-state index contributed by atoms with van der Waals surface area (Å²) in [5, 5.41) is 2.53. The molecule has 12 heavy (non-hydrogen) atoms. The first-order chi connectivity index (χ1) is 5.70. The summed E-state index contributed by atoms with van der Waals surface area (Å²) in [4.78, 5) is 14.9. The van der Waals surface area contributed by atoms with Crippen LogP contribution in [0.15, 0.2) is 6.20 Å². The summed E-state index contributed by atoms with van der Waals surface area (Å²) in [5.41, 5.74) is 1.07. The fraction of sp³-hybridized carbons (Fsp3) is 0.250. The molecule has 0 unspecified atom stereocenters. The first kappa shape index (κ1) is 7.21. The number of aryl methyl sites for hydroxylation is 1. The van der Waals surface area contributed by atoms with E-state index in [1.165, 1.54) is 6.20 Å². The highest BCUT2D eigenvalue weighted by molar-refractivity contribution is 5.98. The number of aromatic nitrogens is 1. The second-order valence-electron chi connectivity index (χ2n) is 2.74. The maximum atomic E-state index is 13.2. The fourth-order valence-corrected chi connectivity index (χ4v) is 1.26. The van der Waals surface area contributed by atoms with Crippen LogP contribution in [-0.2, 0) is 6.54 Å². The number of nitrogens with zero attached hydrogens (tertiary/aromatic N) is 1. The molecule has 0 atom stereocenters. The van der Waals surface area contributed by atoms with Gasteiger partial charge in [0, 0.05) is 18.3 Å². The third kappa shape index (κ3) is 0.809. The molecule has 0 bridgehead atoms. The van der Waals surface area contributed by atoms with Crippen LogP contribution in [0.4, 0.5) is 4.39 Å². The van der Waals surface area contributed by atoms with Gasteiger partial charge in [0.2, 0.25) is 0 Å². The molecule has 0 radical (unpaired) electrons. The van der Waals surface area contributed by atoms with Gasteiger partial charge in [0.15, 0.2) is 5.82 Å². The van der Waals surface area contributed by atoms with Crippen LogP contribution in [0.1, 0.15) is 21.6 Å². The lowest BCUT2D eigenvalue weighted by Crippen LogP contribution is -2.13. The molecule has 2 heterocycles. The highest BCUT2D eigenvalue weighted by atomic mass is 19.1. The van der Waals surface area contributed by atoms with Crippen LogP contribution < -0.4 is 5.32 Å². The summed E-state index contributed by atoms with van der Waals surface area (Å²) in [6, 6.07) is 0. The van der Waals surface area contributed by atoms with E-state index in [4.69, 9.17) is 0 Å². The molecule has 1 aliphatic rings. The van der Waals surface area contributed by atoms with Gasteiger partial charge in [0.25, 0.3) is 5.91 Å². The zero-order valence-electron chi connectivity index (χ0n) is 6.52. The molecule has 1 N–H and O–H groups in total. The predicted octanol–water partition coefficient (Wildman–Crippen LogP) is 0.773. The molecule has 1 amide bonds. The Morgan fingerprint density at radius 2 is 2.42 bits per heavy atom. The van der Waals surface area contributed by atoms with Crippen molar-refractivity contribution in [1.82, 2.24) is 10.3 Å². The molecule has 0 saturated carbocycles. The molecule has 0 aromatic carbocycles. The Labute approximate surface area is 68.6 Å². The summed E-state index contributed by atoms with van der Waals surface area (Å²) >= 11 is 0. The lowest BCUT2D eigenvalue weighted by molar-refractivity contribution is 0.0962. The van der Waals surface area contributed by atoms with Crippen molar-refractivity contribution in [3.8, 4) is 0 Å². The third-order valence-corrected chi connectivity index (χ3v) is 1.94. The van der Waals surface area contributed by atoms with Crippen LogP contribution in [0.3, 0.4) is 0 Å². The van der Waals surface area contributed by atoms with Crippen molar-refractivity contribution in [1.29, 1.82) is 0 Å². The zero-order valence-corrected chi connectivity index (χ0v) is 6.52. The molecular weight excluding hydrogens is 159 g/mol. The number of carbonyl (C=O) groups excluding carboxylic acids is 1. The number of pyridine rings is 1. The van der Waals surface area contributed by atoms with Gasteiger partial charge in [-0.1, -0.05) is 0 Å². The van der Waals surface area contributed by atoms with E-state index in [0.717, 1.165) is 0 Å². The van der Waals surface area contributed by atoms with Gasteiger partial charge in [-0.2, -0.15) is 0 Å². The second kappa shape index (κ2) is 2.27. The maximum absolute atomic E-state index is 13.2. The van der Waals surface area contributed by atoms with E-state index >= 15 is 0 Å². The van der Waals surface area contributed by atoms with Crippen molar-refractivity contribution in [2.24, 2.45) is 0 Å². The minimum atomic E-state index is -0.498. The number of hydrogen-bond acceptors (Lipinski definition) is 2. The first-order valence-corrected chi connectivity index (χ1v) is 3.62. The van der Waals surface area contributed by atoms with E-state index < -0.39 is 5.82 Å². The highest BCUT2D eigenvalue weighted by Crippen LogP contribution is 2.19. The molecule has 1 aromatic rings. The Balaban J connectivity index is 2.71. The first-order valence-electron chi connectivity index (χ1n) is 3.62. The molecule has 1 aromatic heterocycles. The Kier molecular flexibility index (Phi) is 1.36. The van der Waals surface area contributed by atoms with E-state index in [1.807, 2.05) is 0 Å². The van der Waals surface area contributed by atoms with E-state index in [2.05, 4.69) is 10.3 Å². The molecule has 0 spiro atoms. The zero-order chi connectivity index (χ0) is 8.72. The van der Waals surface area contributed by atoms with E-state index in [9.17, 15) is 9.18 Å². The van der Waals surface area contributed by atoms with Crippen LogP contribution in [0.2, 0.25) is 0 Å². The Morgan fingerprint density at radius 3 is 3.17 bits per heavy atom. The van der Waals surface area contributed by atoms with Crippen molar-refractivity contribution in [3.63, 3.8) is 0 Å². The second-order valence-corrected chi connectivity index (χ2v) is 2.74. The van der Waals surface area contributed by atoms with Crippen molar-refractivity contribution in [2.75, 3.05) is 0 Å². The molecule has 0 aliphatic carbocycles.